The average Bonchev–Trinajstić information content (AvgIpc) is 3.40. The molecule has 4 aliphatic rings. The molecule has 3 saturated carbocycles. The van der Waals surface area contributed by atoms with Crippen molar-refractivity contribution in [2.75, 3.05) is 33.7 Å². The summed E-state index contributed by atoms with van der Waals surface area (Å²) in [6.45, 7) is 2.17. The summed E-state index contributed by atoms with van der Waals surface area (Å²) in [6, 6.07) is 10.9. The van der Waals surface area contributed by atoms with Gasteiger partial charge >= 0.3 is 6.03 Å². The molecule has 0 unspecified atom stereocenters. The minimum Gasteiger partial charge on any atom is -0.388 e. The molecule has 1 saturated heterocycles. The number of nitrogens with zero attached hydrogens (tertiary/aromatic N) is 3. The normalized spacial score (nSPS) is 34.1. The van der Waals surface area contributed by atoms with Crippen LogP contribution in [0.3, 0.4) is 0 Å². The van der Waals surface area contributed by atoms with Crippen LogP contribution >= 0.6 is 0 Å². The quantitative estimate of drug-likeness (QED) is 0.821. The largest absolute Gasteiger partial charge is 0.388 e. The Hall–Kier alpha value is -1.59. The molecule has 0 atom stereocenters. The van der Waals surface area contributed by atoms with Crippen molar-refractivity contribution in [1.29, 1.82) is 0 Å². The van der Waals surface area contributed by atoms with Crippen LogP contribution in [0.15, 0.2) is 30.3 Å². The fourth-order valence-electron chi connectivity index (χ4n) is 5.80. The highest BCUT2D eigenvalue weighted by molar-refractivity contribution is 5.79. The molecule has 0 aromatic heterocycles. The van der Waals surface area contributed by atoms with Crippen LogP contribution in [0.4, 0.5) is 4.79 Å². The van der Waals surface area contributed by atoms with E-state index in [0.29, 0.717) is 12.5 Å². The fraction of sp³-hybridized carbons (Fsp3) is 0.696. The van der Waals surface area contributed by atoms with Crippen molar-refractivity contribution in [3.8, 4) is 0 Å². The zero-order chi connectivity index (χ0) is 19.6. The number of hydrogen-bond acceptors (Lipinski definition) is 3. The second kappa shape index (κ2) is 6.20. The second-order valence-electron chi connectivity index (χ2n) is 10.1. The minimum atomic E-state index is -0.645. The SMILES string of the molecule is CN(C)[C@]1(c2ccccc2)C[C@@]2(CN(CC3(O)CCC3)C(=O)N2CC2CC2)C1. The number of aliphatic hydroxyl groups is 1. The molecular formula is C23H33N3O2. The summed E-state index contributed by atoms with van der Waals surface area (Å²) in [5, 5.41) is 10.7. The van der Waals surface area contributed by atoms with E-state index in [1.54, 1.807) is 0 Å². The van der Waals surface area contributed by atoms with Crippen LogP contribution in [0.5, 0.6) is 0 Å². The highest BCUT2D eigenvalue weighted by Crippen LogP contribution is 2.57. The van der Waals surface area contributed by atoms with Gasteiger partial charge in [0.05, 0.1) is 23.2 Å². The number of carbonyl (C=O) groups excluding carboxylic acids is 1. The summed E-state index contributed by atoms with van der Waals surface area (Å²) in [4.78, 5) is 19.8. The number of carbonyl (C=O) groups is 1. The molecule has 5 heteroatoms. The van der Waals surface area contributed by atoms with E-state index in [0.717, 1.165) is 45.2 Å². The number of β-amino-alcohol motifs (C(OH)–C–C–N with tert-alkyl or cyclic N) is 1. The van der Waals surface area contributed by atoms with Crippen LogP contribution in [-0.2, 0) is 5.54 Å². The number of hydrogen-bond donors (Lipinski definition) is 1. The molecule has 1 heterocycles. The summed E-state index contributed by atoms with van der Waals surface area (Å²) in [5.41, 5.74) is 0.612. The standard InChI is InChI=1S/C23H33N3O2/c1-24(2)23(19-7-4-3-5-8-19)14-21(15-23)16-25(17-22(28)11-6-12-22)20(27)26(21)13-18-9-10-18/h3-5,7-8,18,28H,6,9-17H2,1-2H3/t21-,23+. The lowest BCUT2D eigenvalue weighted by Gasteiger charge is -2.60. The molecule has 1 aromatic carbocycles. The molecule has 28 heavy (non-hydrogen) atoms. The number of benzene rings is 1. The first-order chi connectivity index (χ1) is 13.4. The third-order valence-corrected chi connectivity index (χ3v) is 7.88. The Labute approximate surface area is 168 Å². The lowest BCUT2D eigenvalue weighted by Crippen LogP contribution is -2.67. The van der Waals surface area contributed by atoms with Crippen molar-refractivity contribution in [2.45, 2.75) is 61.6 Å². The molecule has 1 N–H and O–H groups in total. The topological polar surface area (TPSA) is 47.0 Å². The van der Waals surface area contributed by atoms with E-state index in [9.17, 15) is 9.90 Å². The van der Waals surface area contributed by atoms with Gasteiger partial charge in [0.2, 0.25) is 0 Å². The predicted molar refractivity (Wildman–Crippen MR) is 109 cm³/mol. The van der Waals surface area contributed by atoms with Gasteiger partial charge in [-0.1, -0.05) is 30.3 Å². The van der Waals surface area contributed by atoms with E-state index >= 15 is 0 Å². The third-order valence-electron chi connectivity index (χ3n) is 7.88. The van der Waals surface area contributed by atoms with Gasteiger partial charge in [0, 0.05) is 13.1 Å². The first kappa shape index (κ1) is 18.4. The maximum Gasteiger partial charge on any atom is 0.320 e. The Balaban J connectivity index is 1.41. The molecule has 1 spiro atoms. The Morgan fingerprint density at radius 2 is 1.82 bits per heavy atom. The van der Waals surface area contributed by atoms with E-state index in [1.165, 1.54) is 18.4 Å². The Morgan fingerprint density at radius 1 is 1.14 bits per heavy atom. The molecule has 1 aromatic rings. The van der Waals surface area contributed by atoms with Gasteiger partial charge in [0.25, 0.3) is 0 Å². The van der Waals surface area contributed by atoms with E-state index in [4.69, 9.17) is 0 Å². The zero-order valence-corrected chi connectivity index (χ0v) is 17.2. The molecule has 2 amide bonds. The molecule has 4 fully saturated rings. The van der Waals surface area contributed by atoms with Crippen molar-refractivity contribution >= 4 is 6.03 Å². The fourth-order valence-corrected chi connectivity index (χ4v) is 5.80. The minimum absolute atomic E-state index is 0.00722. The van der Waals surface area contributed by atoms with Gasteiger partial charge < -0.3 is 14.9 Å². The van der Waals surface area contributed by atoms with Crippen molar-refractivity contribution < 1.29 is 9.90 Å². The molecule has 3 aliphatic carbocycles. The summed E-state index contributed by atoms with van der Waals surface area (Å²) in [7, 11) is 4.33. The number of rotatable bonds is 6. The monoisotopic (exact) mass is 383 g/mol. The van der Waals surface area contributed by atoms with Gasteiger partial charge in [-0.2, -0.15) is 0 Å². The van der Waals surface area contributed by atoms with Crippen LogP contribution < -0.4 is 0 Å². The Morgan fingerprint density at radius 3 is 2.36 bits per heavy atom. The molecule has 152 valence electrons. The second-order valence-corrected chi connectivity index (χ2v) is 10.1. The first-order valence-corrected chi connectivity index (χ1v) is 10.9. The number of amides is 2. The Kier molecular flexibility index (Phi) is 4.08. The Bertz CT molecular complexity index is 748. The van der Waals surface area contributed by atoms with Crippen LogP contribution in [0, 0.1) is 5.92 Å². The van der Waals surface area contributed by atoms with Gasteiger partial charge in [-0.15, -0.1) is 0 Å². The van der Waals surface area contributed by atoms with E-state index in [2.05, 4.69) is 54.2 Å². The molecule has 1 aliphatic heterocycles. The highest BCUT2D eigenvalue weighted by atomic mass is 16.3. The van der Waals surface area contributed by atoms with E-state index in [-0.39, 0.29) is 17.1 Å². The van der Waals surface area contributed by atoms with Crippen LogP contribution in [0.1, 0.15) is 50.5 Å². The number of urea groups is 1. The first-order valence-electron chi connectivity index (χ1n) is 10.9. The smallest absolute Gasteiger partial charge is 0.320 e. The zero-order valence-electron chi connectivity index (χ0n) is 17.2. The van der Waals surface area contributed by atoms with Gasteiger partial charge in [-0.05, 0) is 70.5 Å². The maximum absolute atomic E-state index is 13.3. The molecule has 0 radical (unpaired) electrons. The lowest BCUT2D eigenvalue weighted by atomic mass is 9.58. The van der Waals surface area contributed by atoms with Crippen LogP contribution in [-0.4, -0.2) is 70.7 Å². The maximum atomic E-state index is 13.3. The van der Waals surface area contributed by atoms with Crippen molar-refractivity contribution in [3.63, 3.8) is 0 Å². The lowest BCUT2D eigenvalue weighted by molar-refractivity contribution is -0.0764. The highest BCUT2D eigenvalue weighted by Gasteiger charge is 2.65. The van der Waals surface area contributed by atoms with Gasteiger partial charge in [0.1, 0.15) is 0 Å². The van der Waals surface area contributed by atoms with Gasteiger partial charge in [0.15, 0.2) is 0 Å². The van der Waals surface area contributed by atoms with Gasteiger partial charge in [-0.3, -0.25) is 4.90 Å². The van der Waals surface area contributed by atoms with Gasteiger partial charge in [-0.25, -0.2) is 4.79 Å². The van der Waals surface area contributed by atoms with Crippen LogP contribution in [0.2, 0.25) is 0 Å². The van der Waals surface area contributed by atoms with E-state index in [1.807, 2.05) is 4.90 Å². The van der Waals surface area contributed by atoms with E-state index < -0.39 is 5.60 Å². The summed E-state index contributed by atoms with van der Waals surface area (Å²) in [6.07, 6.45) is 7.20. The summed E-state index contributed by atoms with van der Waals surface area (Å²) in [5.74, 6) is 0.679. The molecule has 0 bridgehead atoms. The van der Waals surface area contributed by atoms with Crippen molar-refractivity contribution in [2.24, 2.45) is 5.92 Å². The molecule has 5 rings (SSSR count). The van der Waals surface area contributed by atoms with Crippen LogP contribution in [0.25, 0.3) is 0 Å². The predicted octanol–water partition coefficient (Wildman–Crippen LogP) is 3.04. The molecular weight excluding hydrogens is 350 g/mol. The van der Waals surface area contributed by atoms with Crippen molar-refractivity contribution in [3.05, 3.63) is 35.9 Å². The summed E-state index contributed by atoms with van der Waals surface area (Å²) < 4.78 is 0. The third kappa shape index (κ3) is 2.78. The molecule has 5 nitrogen and oxygen atoms in total. The summed E-state index contributed by atoms with van der Waals surface area (Å²) >= 11 is 0. The van der Waals surface area contributed by atoms with Crippen molar-refractivity contribution in [1.82, 2.24) is 14.7 Å². The average molecular weight is 384 g/mol.